The lowest BCUT2D eigenvalue weighted by atomic mass is 10.2. The van der Waals surface area contributed by atoms with E-state index in [0.717, 1.165) is 29.7 Å². The lowest BCUT2D eigenvalue weighted by molar-refractivity contribution is -0.131. The number of amides is 1. The molecule has 2 aromatic carbocycles. The minimum absolute atomic E-state index is 0.268. The molecule has 8 nitrogen and oxygen atoms in total. The Hall–Kier alpha value is -3.10. The number of aromatic nitrogens is 2. The van der Waals surface area contributed by atoms with Gasteiger partial charge in [0.2, 0.25) is 0 Å². The molecule has 0 spiro atoms. The van der Waals surface area contributed by atoms with Gasteiger partial charge in [-0.05, 0) is 18.2 Å². The largest absolute Gasteiger partial charge is 0.496 e. The Morgan fingerprint density at radius 1 is 1.26 bits per heavy atom. The number of hydrogen-bond donors (Lipinski definition) is 3. The van der Waals surface area contributed by atoms with Crippen molar-refractivity contribution in [3.05, 3.63) is 54.4 Å². The lowest BCUT2D eigenvalue weighted by Crippen LogP contribution is -2.25. The Morgan fingerprint density at radius 3 is 2.93 bits per heavy atom. The van der Waals surface area contributed by atoms with Gasteiger partial charge in [0.25, 0.3) is 5.91 Å². The first-order valence-corrected chi connectivity index (χ1v) is 8.54. The molecule has 0 aliphatic carbocycles. The zero-order valence-electron chi connectivity index (χ0n) is 15.0. The standard InChI is InChI=1S/C19H22N4O4/c1-26-18-10-15(27-12-19(24)22-25)7-6-14(18)11-20-8-9-23-13-21-16-4-2-3-5-17(16)23/h2-7,10,13,20,25H,8-9,11-12H2,1H3,(H,22,24). The number of benzene rings is 2. The van der Waals surface area contributed by atoms with E-state index in [4.69, 9.17) is 14.7 Å². The number of hydrogen-bond acceptors (Lipinski definition) is 6. The summed E-state index contributed by atoms with van der Waals surface area (Å²) >= 11 is 0. The molecule has 1 heterocycles. The van der Waals surface area contributed by atoms with E-state index in [1.165, 1.54) is 5.48 Å². The molecule has 3 aromatic rings. The van der Waals surface area contributed by atoms with E-state index in [-0.39, 0.29) is 6.61 Å². The summed E-state index contributed by atoms with van der Waals surface area (Å²) in [4.78, 5) is 15.4. The number of nitrogens with one attached hydrogen (secondary N) is 2. The molecular weight excluding hydrogens is 348 g/mol. The molecule has 1 aromatic heterocycles. The second kappa shape index (κ2) is 9.02. The molecule has 8 heteroatoms. The fourth-order valence-corrected chi connectivity index (χ4v) is 2.75. The summed E-state index contributed by atoms with van der Waals surface area (Å²) in [6.07, 6.45) is 1.85. The number of imidazole rings is 1. The average molecular weight is 370 g/mol. The SMILES string of the molecule is COc1cc(OCC(=O)NO)ccc1CNCCn1cnc2ccccc21. The molecule has 27 heavy (non-hydrogen) atoms. The van der Waals surface area contributed by atoms with Crippen LogP contribution >= 0.6 is 0 Å². The normalized spacial score (nSPS) is 10.7. The van der Waals surface area contributed by atoms with Crippen LogP contribution < -0.4 is 20.3 Å². The Labute approximate surface area is 156 Å². The number of rotatable bonds is 9. The van der Waals surface area contributed by atoms with Crippen molar-refractivity contribution < 1.29 is 19.5 Å². The number of para-hydroxylation sites is 2. The summed E-state index contributed by atoms with van der Waals surface area (Å²) in [7, 11) is 1.58. The van der Waals surface area contributed by atoms with Gasteiger partial charge in [-0.3, -0.25) is 10.0 Å². The smallest absolute Gasteiger partial charge is 0.281 e. The first-order valence-electron chi connectivity index (χ1n) is 8.54. The van der Waals surface area contributed by atoms with E-state index in [9.17, 15) is 4.79 Å². The molecule has 142 valence electrons. The first kappa shape index (κ1) is 18.7. The third-order valence-corrected chi connectivity index (χ3v) is 4.13. The van der Waals surface area contributed by atoms with Crippen molar-refractivity contribution in [3.63, 3.8) is 0 Å². The highest BCUT2D eigenvalue weighted by molar-refractivity contribution is 5.76. The van der Waals surface area contributed by atoms with E-state index in [1.807, 2.05) is 30.6 Å². The molecule has 0 radical (unpaired) electrons. The number of ether oxygens (including phenoxy) is 2. The van der Waals surface area contributed by atoms with E-state index in [0.29, 0.717) is 18.0 Å². The van der Waals surface area contributed by atoms with Crippen molar-refractivity contribution >= 4 is 16.9 Å². The summed E-state index contributed by atoms with van der Waals surface area (Å²) in [6.45, 7) is 1.95. The maximum atomic E-state index is 11.0. The molecule has 1 amide bonds. The van der Waals surface area contributed by atoms with Crippen LogP contribution in [0.5, 0.6) is 11.5 Å². The average Bonchev–Trinajstić information content (AvgIpc) is 3.13. The second-order valence-electron chi connectivity index (χ2n) is 5.90. The van der Waals surface area contributed by atoms with Crippen LogP contribution in [0.15, 0.2) is 48.8 Å². The van der Waals surface area contributed by atoms with Gasteiger partial charge in [0, 0.05) is 31.3 Å². The van der Waals surface area contributed by atoms with Crippen LogP contribution in [0.4, 0.5) is 0 Å². The van der Waals surface area contributed by atoms with Gasteiger partial charge in [0.05, 0.1) is 24.5 Å². The molecule has 0 atom stereocenters. The molecule has 0 fully saturated rings. The Balaban J connectivity index is 1.53. The second-order valence-corrected chi connectivity index (χ2v) is 5.90. The molecule has 0 saturated carbocycles. The predicted molar refractivity (Wildman–Crippen MR) is 99.9 cm³/mol. The number of nitrogens with zero attached hydrogens (tertiary/aromatic N) is 2. The molecule has 3 N–H and O–H groups in total. The Morgan fingerprint density at radius 2 is 2.11 bits per heavy atom. The van der Waals surface area contributed by atoms with Crippen molar-refractivity contribution in [1.29, 1.82) is 0 Å². The van der Waals surface area contributed by atoms with E-state index in [1.54, 1.807) is 19.2 Å². The van der Waals surface area contributed by atoms with Crippen LogP contribution in [0.25, 0.3) is 11.0 Å². The first-order chi connectivity index (χ1) is 13.2. The van der Waals surface area contributed by atoms with Gasteiger partial charge in [0.15, 0.2) is 6.61 Å². The van der Waals surface area contributed by atoms with Gasteiger partial charge in [0.1, 0.15) is 11.5 Å². The molecule has 3 rings (SSSR count). The van der Waals surface area contributed by atoms with Crippen LogP contribution in [0.3, 0.4) is 0 Å². The van der Waals surface area contributed by atoms with Crippen molar-refractivity contribution in [3.8, 4) is 11.5 Å². The molecular formula is C19H22N4O4. The molecule has 0 unspecified atom stereocenters. The predicted octanol–water partition coefficient (Wildman–Crippen LogP) is 1.72. The van der Waals surface area contributed by atoms with E-state index < -0.39 is 5.91 Å². The van der Waals surface area contributed by atoms with Gasteiger partial charge in [-0.2, -0.15) is 0 Å². The summed E-state index contributed by atoms with van der Waals surface area (Å²) in [5.74, 6) is 0.535. The summed E-state index contributed by atoms with van der Waals surface area (Å²) < 4.78 is 12.8. The topological polar surface area (TPSA) is 97.6 Å². The fourth-order valence-electron chi connectivity index (χ4n) is 2.75. The van der Waals surface area contributed by atoms with Gasteiger partial charge >= 0.3 is 0 Å². The van der Waals surface area contributed by atoms with Gasteiger partial charge < -0.3 is 19.4 Å². The van der Waals surface area contributed by atoms with Crippen LogP contribution in [0.1, 0.15) is 5.56 Å². The van der Waals surface area contributed by atoms with Crippen molar-refractivity contribution in [2.75, 3.05) is 20.3 Å². The zero-order valence-corrected chi connectivity index (χ0v) is 15.0. The quantitative estimate of drug-likeness (QED) is 0.301. The third-order valence-electron chi connectivity index (χ3n) is 4.13. The number of hydroxylamine groups is 1. The summed E-state index contributed by atoms with van der Waals surface area (Å²) in [6, 6.07) is 13.4. The highest BCUT2D eigenvalue weighted by Crippen LogP contribution is 2.24. The van der Waals surface area contributed by atoms with Crippen LogP contribution in [0, 0.1) is 0 Å². The highest BCUT2D eigenvalue weighted by Gasteiger charge is 2.07. The third kappa shape index (κ3) is 4.75. The number of carbonyl (C=O) groups excluding carboxylic acids is 1. The van der Waals surface area contributed by atoms with Crippen LogP contribution in [0.2, 0.25) is 0 Å². The number of methoxy groups -OCH3 is 1. The van der Waals surface area contributed by atoms with Crippen molar-refractivity contribution in [2.45, 2.75) is 13.1 Å². The molecule has 0 aliphatic heterocycles. The Kier molecular flexibility index (Phi) is 6.24. The Bertz CT molecular complexity index is 910. The monoisotopic (exact) mass is 370 g/mol. The summed E-state index contributed by atoms with van der Waals surface area (Å²) in [5, 5.41) is 11.9. The molecule has 0 aliphatic rings. The van der Waals surface area contributed by atoms with Crippen LogP contribution in [-0.2, 0) is 17.9 Å². The van der Waals surface area contributed by atoms with Gasteiger partial charge in [-0.25, -0.2) is 10.5 Å². The molecule has 0 bridgehead atoms. The summed E-state index contributed by atoms with van der Waals surface area (Å²) in [5.41, 5.74) is 4.61. The minimum atomic E-state index is -0.619. The number of carbonyl (C=O) groups is 1. The number of fused-ring (bicyclic) bond motifs is 1. The van der Waals surface area contributed by atoms with Gasteiger partial charge in [-0.15, -0.1) is 0 Å². The lowest BCUT2D eigenvalue weighted by Gasteiger charge is -2.12. The van der Waals surface area contributed by atoms with Crippen molar-refractivity contribution in [1.82, 2.24) is 20.3 Å². The highest BCUT2D eigenvalue weighted by atomic mass is 16.5. The minimum Gasteiger partial charge on any atom is -0.496 e. The zero-order chi connectivity index (χ0) is 19.1. The van der Waals surface area contributed by atoms with E-state index in [2.05, 4.69) is 20.9 Å². The maximum Gasteiger partial charge on any atom is 0.281 e. The van der Waals surface area contributed by atoms with Gasteiger partial charge in [-0.1, -0.05) is 18.2 Å². The van der Waals surface area contributed by atoms with Crippen LogP contribution in [-0.4, -0.2) is 40.9 Å². The maximum absolute atomic E-state index is 11.0. The van der Waals surface area contributed by atoms with Crippen molar-refractivity contribution in [2.24, 2.45) is 0 Å². The van der Waals surface area contributed by atoms with E-state index >= 15 is 0 Å². The molecule has 0 saturated heterocycles. The fraction of sp³-hybridized carbons (Fsp3) is 0.263.